The highest BCUT2D eigenvalue weighted by Gasteiger charge is 2.30. The van der Waals surface area contributed by atoms with Crippen molar-refractivity contribution in [2.45, 2.75) is 65.8 Å². The maximum absolute atomic E-state index is 13.3. The predicted molar refractivity (Wildman–Crippen MR) is 177 cm³/mol. The van der Waals surface area contributed by atoms with Gasteiger partial charge in [-0.2, -0.15) is 0 Å². The number of Topliss-reactive ketones (excluding diaryl/α,β-unsaturated/α-hetero) is 1. The summed E-state index contributed by atoms with van der Waals surface area (Å²) in [7, 11) is 4.85. The Labute approximate surface area is 267 Å². The second-order valence-corrected chi connectivity index (χ2v) is 13.5. The van der Waals surface area contributed by atoms with E-state index < -0.39 is 5.41 Å². The third-order valence-electron chi connectivity index (χ3n) is 8.40. The Morgan fingerprint density at radius 3 is 2.11 bits per heavy atom. The number of rotatable bonds is 15. The van der Waals surface area contributed by atoms with Crippen LogP contribution in [-0.4, -0.2) is 69.0 Å². The summed E-state index contributed by atoms with van der Waals surface area (Å²) in [5.74, 6) is 2.14. The molecule has 1 aliphatic heterocycles. The zero-order valence-electron chi connectivity index (χ0n) is 27.2. The number of benzene rings is 2. The number of nitrogens with zero attached hydrogens (tertiary/aromatic N) is 2. The summed E-state index contributed by atoms with van der Waals surface area (Å²) in [5, 5.41) is 2.12. The van der Waals surface area contributed by atoms with Crippen molar-refractivity contribution >= 4 is 23.0 Å². The molecule has 0 atom stereocenters. The van der Waals surface area contributed by atoms with E-state index in [9.17, 15) is 9.59 Å². The van der Waals surface area contributed by atoms with E-state index >= 15 is 0 Å². The van der Waals surface area contributed by atoms with Crippen molar-refractivity contribution in [1.82, 2.24) is 9.80 Å². The van der Waals surface area contributed by atoms with Crippen LogP contribution in [-0.2, 0) is 24.2 Å². The molecule has 0 N–H and O–H groups in total. The number of carbonyl (C=O) groups is 2. The van der Waals surface area contributed by atoms with Crippen LogP contribution in [0.15, 0.2) is 47.8 Å². The fraction of sp³-hybridized carbons (Fsp3) is 0.500. The number of hydrogen-bond acceptors (Lipinski definition) is 7. The molecule has 1 aliphatic rings. The van der Waals surface area contributed by atoms with Gasteiger partial charge in [-0.3, -0.25) is 14.5 Å². The summed E-state index contributed by atoms with van der Waals surface area (Å²) in [5.41, 5.74) is 4.52. The summed E-state index contributed by atoms with van der Waals surface area (Å²) >= 11 is 1.53. The summed E-state index contributed by atoms with van der Waals surface area (Å²) < 4.78 is 16.6. The van der Waals surface area contributed by atoms with Gasteiger partial charge in [0.25, 0.3) is 0 Å². The Bertz CT molecular complexity index is 1390. The average molecular weight is 621 g/mol. The second kappa shape index (κ2) is 15.6. The number of thiophene rings is 1. The van der Waals surface area contributed by atoms with Gasteiger partial charge in [-0.25, -0.2) is 0 Å². The van der Waals surface area contributed by atoms with Crippen LogP contribution in [0.25, 0.3) is 0 Å². The molecule has 4 rings (SSSR count). The number of aryl methyl sites for hydroxylation is 3. The average Bonchev–Trinajstić information content (AvgIpc) is 3.49. The van der Waals surface area contributed by atoms with Crippen molar-refractivity contribution in [1.29, 1.82) is 0 Å². The smallest absolute Gasteiger partial charge is 0.223 e. The van der Waals surface area contributed by atoms with Crippen LogP contribution < -0.4 is 14.2 Å². The van der Waals surface area contributed by atoms with E-state index in [0.717, 1.165) is 49.2 Å². The Morgan fingerprint density at radius 2 is 1.48 bits per heavy atom. The number of hydrogen-bond donors (Lipinski definition) is 0. The zero-order valence-corrected chi connectivity index (χ0v) is 28.1. The monoisotopic (exact) mass is 620 g/mol. The van der Waals surface area contributed by atoms with Crippen LogP contribution in [0.1, 0.15) is 71.5 Å². The highest BCUT2D eigenvalue weighted by molar-refractivity contribution is 7.12. The third kappa shape index (κ3) is 9.08. The molecule has 238 valence electrons. The van der Waals surface area contributed by atoms with E-state index in [1.54, 1.807) is 21.3 Å². The number of methoxy groups -OCH3 is 3. The van der Waals surface area contributed by atoms with Gasteiger partial charge >= 0.3 is 0 Å². The molecule has 0 spiro atoms. The largest absolute Gasteiger partial charge is 0.493 e. The van der Waals surface area contributed by atoms with Crippen LogP contribution in [0.2, 0.25) is 0 Å². The minimum absolute atomic E-state index is 0.117. The number of unbranched alkanes of at least 4 members (excludes halogenated alkanes) is 1. The molecule has 1 aromatic heterocycles. The molecule has 1 saturated heterocycles. The van der Waals surface area contributed by atoms with Gasteiger partial charge in [-0.15, -0.1) is 11.3 Å². The number of ether oxygens (including phenoxy) is 3. The lowest BCUT2D eigenvalue weighted by Gasteiger charge is -2.36. The zero-order chi connectivity index (χ0) is 31.7. The fourth-order valence-corrected chi connectivity index (χ4v) is 6.74. The number of ketones is 1. The molecule has 7 nitrogen and oxygen atoms in total. The van der Waals surface area contributed by atoms with E-state index in [1.807, 2.05) is 30.9 Å². The summed E-state index contributed by atoms with van der Waals surface area (Å²) in [6.45, 7) is 9.73. The lowest BCUT2D eigenvalue weighted by atomic mass is 9.83. The highest BCUT2D eigenvalue weighted by atomic mass is 32.1. The molecule has 0 aliphatic carbocycles. The van der Waals surface area contributed by atoms with Gasteiger partial charge in [-0.1, -0.05) is 49.7 Å². The highest BCUT2D eigenvalue weighted by Crippen LogP contribution is 2.40. The predicted octanol–water partition coefficient (Wildman–Crippen LogP) is 6.98. The van der Waals surface area contributed by atoms with Crippen molar-refractivity contribution in [3.63, 3.8) is 0 Å². The molecule has 1 fully saturated rings. The lowest BCUT2D eigenvalue weighted by molar-refractivity contribution is -0.135. The van der Waals surface area contributed by atoms with E-state index in [-0.39, 0.29) is 11.7 Å². The molecule has 2 aromatic carbocycles. The normalized spacial score (nSPS) is 14.0. The maximum atomic E-state index is 13.3. The molecule has 0 bridgehead atoms. The molecular formula is C36H48N2O5S. The minimum atomic E-state index is -0.406. The molecular weight excluding hydrogens is 572 g/mol. The van der Waals surface area contributed by atoms with Crippen LogP contribution in [0, 0.1) is 12.3 Å². The second-order valence-electron chi connectivity index (χ2n) is 12.6. The third-order valence-corrected chi connectivity index (χ3v) is 9.42. The minimum Gasteiger partial charge on any atom is -0.493 e. The summed E-state index contributed by atoms with van der Waals surface area (Å²) in [4.78, 5) is 31.5. The quantitative estimate of drug-likeness (QED) is 0.135. The van der Waals surface area contributed by atoms with Gasteiger partial charge < -0.3 is 19.1 Å². The van der Waals surface area contributed by atoms with E-state index in [1.165, 1.54) is 28.0 Å². The van der Waals surface area contributed by atoms with Crippen molar-refractivity contribution in [2.75, 3.05) is 47.5 Å². The molecule has 44 heavy (non-hydrogen) atoms. The van der Waals surface area contributed by atoms with Crippen LogP contribution in [0.3, 0.4) is 0 Å². The van der Waals surface area contributed by atoms with Crippen LogP contribution in [0.4, 0.5) is 0 Å². The van der Waals surface area contributed by atoms with Gasteiger partial charge in [0.1, 0.15) is 0 Å². The summed E-state index contributed by atoms with van der Waals surface area (Å²) in [6.07, 6.45) is 5.04. The first-order valence-corrected chi connectivity index (χ1v) is 16.4. The Balaban J connectivity index is 1.21. The van der Waals surface area contributed by atoms with Crippen LogP contribution in [0.5, 0.6) is 17.2 Å². The lowest BCUT2D eigenvalue weighted by Crippen LogP contribution is -2.49. The maximum Gasteiger partial charge on any atom is 0.223 e. The van der Waals surface area contributed by atoms with Crippen molar-refractivity contribution in [3.8, 4) is 17.2 Å². The van der Waals surface area contributed by atoms with Crippen LogP contribution >= 0.6 is 11.3 Å². The molecule has 8 heteroatoms. The Hall–Kier alpha value is -3.36. The Kier molecular flexibility index (Phi) is 11.9. The fourth-order valence-electron chi connectivity index (χ4n) is 5.86. The first-order valence-electron chi connectivity index (χ1n) is 15.6. The standard InChI is InChI=1S/C36H48N2O5S/c1-26-11-13-27(14-12-26)9-7-8-10-28-21-32(44-25-28)30(39)22-36(2,3)23-33(40)38-19-17-37(18-20-38)24-29-15-16-31(41-4)35(43-6)34(29)42-5/h11-16,21,25H,7-10,17-20,22-24H2,1-6H3. The van der Waals surface area contributed by atoms with Crippen molar-refractivity contribution < 1.29 is 23.8 Å². The number of carbonyl (C=O) groups excluding carboxylic acids is 2. The summed E-state index contributed by atoms with van der Waals surface area (Å²) in [6, 6.07) is 14.7. The van der Waals surface area contributed by atoms with Gasteiger partial charge in [-0.05, 0) is 66.7 Å². The van der Waals surface area contributed by atoms with E-state index in [0.29, 0.717) is 49.7 Å². The van der Waals surface area contributed by atoms with Crippen molar-refractivity contribution in [3.05, 3.63) is 75.0 Å². The molecule has 3 aromatic rings. The number of piperazine rings is 1. The molecule has 0 unspecified atom stereocenters. The van der Waals surface area contributed by atoms with E-state index in [2.05, 4.69) is 47.5 Å². The van der Waals surface area contributed by atoms with Gasteiger partial charge in [0, 0.05) is 51.1 Å². The SMILES string of the molecule is COc1ccc(CN2CCN(C(=O)CC(C)(C)CC(=O)c3cc(CCCCc4ccc(C)cc4)cs3)CC2)c(OC)c1OC. The first kappa shape index (κ1) is 33.5. The van der Waals surface area contributed by atoms with E-state index in [4.69, 9.17) is 14.2 Å². The Morgan fingerprint density at radius 1 is 0.818 bits per heavy atom. The molecule has 0 radical (unpaired) electrons. The number of amides is 1. The topological polar surface area (TPSA) is 68.3 Å². The van der Waals surface area contributed by atoms with Gasteiger partial charge in [0.15, 0.2) is 17.3 Å². The van der Waals surface area contributed by atoms with Gasteiger partial charge in [0.05, 0.1) is 26.2 Å². The first-order chi connectivity index (χ1) is 21.1. The molecule has 1 amide bonds. The van der Waals surface area contributed by atoms with Gasteiger partial charge in [0.2, 0.25) is 11.7 Å². The van der Waals surface area contributed by atoms with Crippen molar-refractivity contribution in [2.24, 2.45) is 5.41 Å². The molecule has 2 heterocycles. The molecule has 0 saturated carbocycles.